The molecule has 0 unspecified atom stereocenters. The molecule has 0 radical (unpaired) electrons. The maximum Gasteiger partial charge on any atom is 0.223 e. The minimum Gasteiger partial charge on any atom is -0.395 e. The summed E-state index contributed by atoms with van der Waals surface area (Å²) in [7, 11) is 0. The van der Waals surface area contributed by atoms with Crippen LogP contribution in [-0.2, 0) is 11.3 Å². The summed E-state index contributed by atoms with van der Waals surface area (Å²) in [4.78, 5) is 11.9. The molecule has 0 bridgehead atoms. The van der Waals surface area contributed by atoms with Crippen LogP contribution in [0.2, 0.25) is 0 Å². The highest BCUT2D eigenvalue weighted by Gasteiger charge is 2.21. The third-order valence-electron chi connectivity index (χ3n) is 3.62. The summed E-state index contributed by atoms with van der Waals surface area (Å²) >= 11 is 0. The van der Waals surface area contributed by atoms with Crippen LogP contribution >= 0.6 is 0 Å². The summed E-state index contributed by atoms with van der Waals surface area (Å²) in [5.41, 5.74) is 2.02. The smallest absolute Gasteiger partial charge is 0.223 e. The van der Waals surface area contributed by atoms with Crippen molar-refractivity contribution in [3.05, 3.63) is 35.4 Å². The maximum atomic E-state index is 11.9. The molecular formula is C17H21NO2. The number of aliphatic hydroxyl groups is 1. The number of carbonyl (C=O) groups excluding carboxylic acids is 1. The third-order valence-corrected chi connectivity index (χ3v) is 3.62. The lowest BCUT2D eigenvalue weighted by Crippen LogP contribution is -2.28. The first-order valence-corrected chi connectivity index (χ1v) is 7.26. The van der Waals surface area contributed by atoms with Crippen LogP contribution in [-0.4, -0.2) is 17.6 Å². The number of benzene rings is 1. The molecule has 3 heteroatoms. The first-order chi connectivity index (χ1) is 9.79. The Bertz CT molecular complexity index is 490. The van der Waals surface area contributed by atoms with Crippen LogP contribution < -0.4 is 5.32 Å². The molecule has 0 spiro atoms. The SMILES string of the molecule is O=C(NCc1ccc(C#CCCO)cc1)C1CCCC1. The van der Waals surface area contributed by atoms with Crippen molar-refractivity contribution in [2.75, 3.05) is 6.61 Å². The van der Waals surface area contributed by atoms with Gasteiger partial charge in [-0.2, -0.15) is 0 Å². The van der Waals surface area contributed by atoms with Crippen molar-refractivity contribution < 1.29 is 9.90 Å². The lowest BCUT2D eigenvalue weighted by Gasteiger charge is -2.10. The molecule has 0 atom stereocenters. The average Bonchev–Trinajstić information content (AvgIpc) is 3.01. The van der Waals surface area contributed by atoms with Crippen LogP contribution in [0.3, 0.4) is 0 Å². The van der Waals surface area contributed by atoms with E-state index in [1.165, 1.54) is 12.8 Å². The largest absolute Gasteiger partial charge is 0.395 e. The second-order valence-electron chi connectivity index (χ2n) is 5.17. The monoisotopic (exact) mass is 271 g/mol. The number of hydrogen-bond acceptors (Lipinski definition) is 2. The van der Waals surface area contributed by atoms with Crippen molar-refractivity contribution in [1.29, 1.82) is 0 Å². The number of carbonyl (C=O) groups is 1. The zero-order valence-electron chi connectivity index (χ0n) is 11.7. The molecule has 0 aromatic heterocycles. The average molecular weight is 271 g/mol. The lowest BCUT2D eigenvalue weighted by molar-refractivity contribution is -0.124. The van der Waals surface area contributed by atoms with Gasteiger partial charge in [0.25, 0.3) is 0 Å². The second kappa shape index (κ2) is 7.72. The number of amides is 1. The summed E-state index contributed by atoms with van der Waals surface area (Å²) in [6, 6.07) is 7.86. The summed E-state index contributed by atoms with van der Waals surface area (Å²) in [5, 5.41) is 11.7. The van der Waals surface area contributed by atoms with Gasteiger partial charge in [0.15, 0.2) is 0 Å². The fourth-order valence-corrected chi connectivity index (χ4v) is 2.45. The van der Waals surface area contributed by atoms with E-state index >= 15 is 0 Å². The summed E-state index contributed by atoms with van der Waals surface area (Å²) in [6.07, 6.45) is 4.92. The Balaban J connectivity index is 1.81. The lowest BCUT2D eigenvalue weighted by atomic mass is 10.1. The van der Waals surface area contributed by atoms with Crippen molar-refractivity contribution in [3.63, 3.8) is 0 Å². The molecule has 0 saturated heterocycles. The van der Waals surface area contributed by atoms with E-state index in [9.17, 15) is 4.79 Å². The van der Waals surface area contributed by atoms with Crippen LogP contribution in [0.25, 0.3) is 0 Å². The molecule has 2 N–H and O–H groups in total. The molecule has 0 aliphatic heterocycles. The highest BCUT2D eigenvalue weighted by atomic mass is 16.2. The standard InChI is InChI=1S/C17H21NO2/c19-12-4-3-5-14-8-10-15(11-9-14)13-18-17(20)16-6-1-2-7-16/h8-11,16,19H,1-2,4,6-7,12-13H2,(H,18,20). The van der Waals surface area contributed by atoms with E-state index in [-0.39, 0.29) is 18.4 Å². The fraction of sp³-hybridized carbons (Fsp3) is 0.471. The van der Waals surface area contributed by atoms with Gasteiger partial charge >= 0.3 is 0 Å². The van der Waals surface area contributed by atoms with Crippen LogP contribution in [0.5, 0.6) is 0 Å². The Morgan fingerprint density at radius 3 is 2.60 bits per heavy atom. The second-order valence-corrected chi connectivity index (χ2v) is 5.17. The number of rotatable bonds is 4. The summed E-state index contributed by atoms with van der Waals surface area (Å²) in [5.74, 6) is 6.28. The van der Waals surface area contributed by atoms with Crippen molar-refractivity contribution in [2.24, 2.45) is 5.92 Å². The molecule has 1 aliphatic rings. The predicted molar refractivity (Wildman–Crippen MR) is 78.8 cm³/mol. The highest BCUT2D eigenvalue weighted by molar-refractivity contribution is 5.78. The molecule has 106 valence electrons. The molecule has 1 fully saturated rings. The van der Waals surface area contributed by atoms with E-state index in [2.05, 4.69) is 17.2 Å². The van der Waals surface area contributed by atoms with Gasteiger partial charge in [-0.15, -0.1) is 0 Å². The van der Waals surface area contributed by atoms with Gasteiger partial charge in [0, 0.05) is 24.4 Å². The highest BCUT2D eigenvalue weighted by Crippen LogP contribution is 2.24. The van der Waals surface area contributed by atoms with E-state index in [1.807, 2.05) is 24.3 Å². The first-order valence-electron chi connectivity index (χ1n) is 7.26. The Hall–Kier alpha value is -1.79. The summed E-state index contributed by atoms with van der Waals surface area (Å²) < 4.78 is 0. The Morgan fingerprint density at radius 2 is 1.95 bits per heavy atom. The molecule has 20 heavy (non-hydrogen) atoms. The van der Waals surface area contributed by atoms with Crippen LogP contribution in [0.1, 0.15) is 43.2 Å². The Labute approximate surface area is 120 Å². The topological polar surface area (TPSA) is 49.3 Å². The minimum absolute atomic E-state index is 0.0955. The van der Waals surface area contributed by atoms with Crippen LogP contribution in [0.4, 0.5) is 0 Å². The summed E-state index contributed by atoms with van der Waals surface area (Å²) in [6.45, 7) is 0.679. The quantitative estimate of drug-likeness (QED) is 0.825. The van der Waals surface area contributed by atoms with Crippen molar-refractivity contribution in [1.82, 2.24) is 5.32 Å². The van der Waals surface area contributed by atoms with Gasteiger partial charge in [0.05, 0.1) is 6.61 Å². The van der Waals surface area contributed by atoms with Gasteiger partial charge in [-0.25, -0.2) is 0 Å². The number of hydrogen-bond donors (Lipinski definition) is 2. The van der Waals surface area contributed by atoms with Crippen molar-refractivity contribution in [3.8, 4) is 11.8 Å². The molecule has 2 rings (SSSR count). The van der Waals surface area contributed by atoms with Gasteiger partial charge in [-0.1, -0.05) is 36.8 Å². The molecule has 1 aliphatic carbocycles. The van der Waals surface area contributed by atoms with Crippen molar-refractivity contribution in [2.45, 2.75) is 38.6 Å². The van der Waals surface area contributed by atoms with E-state index in [0.29, 0.717) is 13.0 Å². The molecule has 1 aromatic carbocycles. The molecule has 3 nitrogen and oxygen atoms in total. The van der Waals surface area contributed by atoms with Crippen molar-refractivity contribution >= 4 is 5.91 Å². The molecule has 0 heterocycles. The van der Waals surface area contributed by atoms with Crippen LogP contribution in [0.15, 0.2) is 24.3 Å². The molecule has 1 saturated carbocycles. The van der Waals surface area contributed by atoms with Crippen LogP contribution in [0, 0.1) is 17.8 Å². The normalized spacial score (nSPS) is 14.7. The van der Waals surface area contributed by atoms with E-state index in [4.69, 9.17) is 5.11 Å². The number of nitrogens with one attached hydrogen (secondary N) is 1. The third kappa shape index (κ3) is 4.40. The predicted octanol–water partition coefficient (Wildman–Crippen LogP) is 2.23. The Morgan fingerprint density at radius 1 is 1.25 bits per heavy atom. The van der Waals surface area contributed by atoms with Gasteiger partial charge in [0.1, 0.15) is 0 Å². The zero-order chi connectivity index (χ0) is 14.2. The first kappa shape index (κ1) is 14.6. The van der Waals surface area contributed by atoms with Gasteiger partial charge in [-0.3, -0.25) is 4.79 Å². The number of aliphatic hydroxyl groups excluding tert-OH is 1. The van der Waals surface area contributed by atoms with E-state index in [1.54, 1.807) is 0 Å². The van der Waals surface area contributed by atoms with Gasteiger partial charge in [-0.05, 0) is 30.5 Å². The van der Waals surface area contributed by atoms with E-state index < -0.39 is 0 Å². The molecular weight excluding hydrogens is 250 g/mol. The fourth-order valence-electron chi connectivity index (χ4n) is 2.45. The minimum atomic E-state index is 0.0955. The zero-order valence-corrected chi connectivity index (χ0v) is 11.7. The van der Waals surface area contributed by atoms with Gasteiger partial charge in [0.2, 0.25) is 5.91 Å². The Kier molecular flexibility index (Phi) is 5.64. The molecule has 1 aromatic rings. The van der Waals surface area contributed by atoms with E-state index in [0.717, 1.165) is 24.0 Å². The molecule has 1 amide bonds. The maximum absolute atomic E-state index is 11.9. The van der Waals surface area contributed by atoms with Gasteiger partial charge < -0.3 is 10.4 Å².